The van der Waals surface area contributed by atoms with Crippen molar-refractivity contribution in [3.63, 3.8) is 0 Å². The van der Waals surface area contributed by atoms with Crippen molar-refractivity contribution >= 4 is 0 Å². The molecule has 0 aliphatic rings. The number of ether oxygens (including phenoxy) is 4. The lowest BCUT2D eigenvalue weighted by molar-refractivity contribution is -0.137. The Morgan fingerprint density at radius 1 is 1.00 bits per heavy atom. The molecule has 1 aromatic heterocycles. The van der Waals surface area contributed by atoms with E-state index in [1.54, 1.807) is 0 Å². The van der Waals surface area contributed by atoms with Gasteiger partial charge in [0.25, 0.3) is 0 Å². The van der Waals surface area contributed by atoms with Crippen LogP contribution in [-0.2, 0) is 6.18 Å². The summed E-state index contributed by atoms with van der Waals surface area (Å²) in [7, 11) is 2.86. The Balaban J connectivity index is 1.84. The maximum Gasteiger partial charge on any atom is 0.417 e. The molecule has 1 N–H and O–H groups in total. The second-order valence-electron chi connectivity index (χ2n) is 5.11. The molecule has 0 aliphatic heterocycles. The Morgan fingerprint density at radius 3 is 2.12 bits per heavy atom. The molecule has 2 rings (SSSR count). The number of nitrogens with zero attached hydrogens (tertiary/aromatic N) is 1. The molecule has 6 nitrogen and oxygen atoms in total. The second kappa shape index (κ2) is 8.50. The van der Waals surface area contributed by atoms with E-state index < -0.39 is 11.7 Å². The van der Waals surface area contributed by atoms with Crippen LogP contribution in [0.5, 0.6) is 28.9 Å². The first-order chi connectivity index (χ1) is 12.3. The lowest BCUT2D eigenvalue weighted by atomic mass is 10.2. The van der Waals surface area contributed by atoms with Crippen molar-refractivity contribution in [2.75, 3.05) is 27.4 Å². The number of aromatic nitrogens is 1. The Morgan fingerprint density at radius 2 is 1.62 bits per heavy atom. The first-order valence-electron chi connectivity index (χ1n) is 7.59. The van der Waals surface area contributed by atoms with Crippen LogP contribution in [0.1, 0.15) is 12.0 Å². The number of aromatic hydroxyl groups is 1. The van der Waals surface area contributed by atoms with Gasteiger partial charge in [-0.3, -0.25) is 0 Å². The van der Waals surface area contributed by atoms with Crippen molar-refractivity contribution in [2.24, 2.45) is 0 Å². The molecule has 0 fully saturated rings. The summed E-state index contributed by atoms with van der Waals surface area (Å²) in [4.78, 5) is 3.61. The molecule has 2 aromatic rings. The molecular formula is C17H18F3NO5. The maximum atomic E-state index is 12.4. The van der Waals surface area contributed by atoms with Crippen molar-refractivity contribution < 1.29 is 37.2 Å². The number of pyridine rings is 1. The van der Waals surface area contributed by atoms with Crippen molar-refractivity contribution in [2.45, 2.75) is 12.6 Å². The Kier molecular flexibility index (Phi) is 6.37. The fourth-order valence-corrected chi connectivity index (χ4v) is 2.05. The molecule has 0 saturated heterocycles. The van der Waals surface area contributed by atoms with E-state index in [2.05, 4.69) is 4.98 Å². The van der Waals surface area contributed by atoms with Gasteiger partial charge >= 0.3 is 6.18 Å². The molecule has 1 aromatic carbocycles. The number of alkyl halides is 3. The zero-order chi connectivity index (χ0) is 19.2. The fourth-order valence-electron chi connectivity index (χ4n) is 2.05. The topological polar surface area (TPSA) is 70.0 Å². The van der Waals surface area contributed by atoms with Crippen molar-refractivity contribution in [3.8, 4) is 28.9 Å². The van der Waals surface area contributed by atoms with E-state index in [0.29, 0.717) is 23.7 Å². The standard InChI is InChI=1S/C17H18F3NO5/c1-23-13-8-12(22)9-14(24-2)16(13)26-7-3-6-25-15-5-4-11(10-21-15)17(18,19)20/h4-5,8-10,22H,3,6-7H2,1-2H3. The van der Waals surface area contributed by atoms with Crippen LogP contribution in [0.3, 0.4) is 0 Å². The molecule has 26 heavy (non-hydrogen) atoms. The molecule has 142 valence electrons. The third kappa shape index (κ3) is 5.08. The van der Waals surface area contributed by atoms with E-state index in [0.717, 1.165) is 18.3 Å². The molecule has 0 atom stereocenters. The van der Waals surface area contributed by atoms with E-state index in [4.69, 9.17) is 18.9 Å². The van der Waals surface area contributed by atoms with Crippen molar-refractivity contribution in [1.29, 1.82) is 0 Å². The van der Waals surface area contributed by atoms with Crippen LogP contribution >= 0.6 is 0 Å². The molecule has 0 aliphatic carbocycles. The van der Waals surface area contributed by atoms with Gasteiger partial charge in [-0.25, -0.2) is 4.98 Å². The summed E-state index contributed by atoms with van der Waals surface area (Å²) in [6, 6.07) is 4.85. The summed E-state index contributed by atoms with van der Waals surface area (Å²) in [6.07, 6.45) is -3.27. The number of benzene rings is 1. The van der Waals surface area contributed by atoms with Crippen LogP contribution in [0.2, 0.25) is 0 Å². The maximum absolute atomic E-state index is 12.4. The van der Waals surface area contributed by atoms with E-state index in [1.165, 1.54) is 26.4 Å². The van der Waals surface area contributed by atoms with Gasteiger partial charge in [-0.2, -0.15) is 13.2 Å². The normalized spacial score (nSPS) is 11.1. The number of halogens is 3. The molecule has 0 amide bonds. The quantitative estimate of drug-likeness (QED) is 0.712. The van der Waals surface area contributed by atoms with Crippen molar-refractivity contribution in [3.05, 3.63) is 36.0 Å². The fraction of sp³-hybridized carbons (Fsp3) is 0.353. The third-order valence-electron chi connectivity index (χ3n) is 3.29. The molecule has 0 unspecified atom stereocenters. The zero-order valence-electron chi connectivity index (χ0n) is 14.2. The number of methoxy groups -OCH3 is 2. The number of rotatable bonds is 8. The van der Waals surface area contributed by atoms with Gasteiger partial charge in [-0.05, 0) is 6.07 Å². The average molecular weight is 373 g/mol. The van der Waals surface area contributed by atoms with Gasteiger partial charge < -0.3 is 24.1 Å². The second-order valence-corrected chi connectivity index (χ2v) is 5.11. The predicted octanol–water partition coefficient (Wildman–Crippen LogP) is 3.67. The largest absolute Gasteiger partial charge is 0.508 e. The predicted molar refractivity (Wildman–Crippen MR) is 86.1 cm³/mol. The highest BCUT2D eigenvalue weighted by atomic mass is 19.4. The highest BCUT2D eigenvalue weighted by Gasteiger charge is 2.30. The highest BCUT2D eigenvalue weighted by molar-refractivity contribution is 5.55. The lowest BCUT2D eigenvalue weighted by Crippen LogP contribution is -2.08. The minimum atomic E-state index is -4.43. The highest BCUT2D eigenvalue weighted by Crippen LogP contribution is 2.40. The molecular weight excluding hydrogens is 355 g/mol. The first kappa shape index (κ1) is 19.5. The van der Waals surface area contributed by atoms with Crippen LogP contribution in [0.4, 0.5) is 13.2 Å². The van der Waals surface area contributed by atoms with E-state index in [9.17, 15) is 18.3 Å². The van der Waals surface area contributed by atoms with Gasteiger partial charge in [-0.1, -0.05) is 0 Å². The molecule has 0 saturated carbocycles. The number of hydrogen-bond acceptors (Lipinski definition) is 6. The first-order valence-corrected chi connectivity index (χ1v) is 7.59. The SMILES string of the molecule is COc1cc(O)cc(OC)c1OCCCOc1ccc(C(F)(F)F)cn1. The van der Waals surface area contributed by atoms with Gasteiger partial charge in [0, 0.05) is 30.8 Å². The lowest BCUT2D eigenvalue weighted by Gasteiger charge is -2.15. The molecule has 9 heteroatoms. The molecule has 0 radical (unpaired) electrons. The van der Waals surface area contributed by atoms with E-state index in [-0.39, 0.29) is 24.8 Å². The summed E-state index contributed by atoms with van der Waals surface area (Å²) in [5, 5.41) is 9.57. The number of phenols is 1. The van der Waals surface area contributed by atoms with Crippen LogP contribution in [-0.4, -0.2) is 37.5 Å². The summed E-state index contributed by atoms with van der Waals surface area (Å²) in [5.74, 6) is 1.03. The molecule has 0 bridgehead atoms. The molecule has 0 spiro atoms. The van der Waals surface area contributed by atoms with Crippen LogP contribution in [0, 0.1) is 0 Å². The minimum Gasteiger partial charge on any atom is -0.508 e. The summed E-state index contributed by atoms with van der Waals surface area (Å²) in [5.41, 5.74) is -0.834. The van der Waals surface area contributed by atoms with Crippen LogP contribution < -0.4 is 18.9 Å². The average Bonchev–Trinajstić information content (AvgIpc) is 2.61. The summed E-state index contributed by atoms with van der Waals surface area (Å²) in [6.45, 7) is 0.430. The van der Waals surface area contributed by atoms with E-state index in [1.807, 2.05) is 0 Å². The number of hydrogen-bond donors (Lipinski definition) is 1. The van der Waals surface area contributed by atoms with Crippen LogP contribution in [0.15, 0.2) is 30.5 Å². The molecule has 1 heterocycles. The summed E-state index contributed by atoms with van der Waals surface area (Å²) < 4.78 is 58.5. The van der Waals surface area contributed by atoms with Gasteiger partial charge in [0.1, 0.15) is 5.75 Å². The van der Waals surface area contributed by atoms with E-state index >= 15 is 0 Å². The van der Waals surface area contributed by atoms with Crippen LogP contribution in [0.25, 0.3) is 0 Å². The minimum absolute atomic E-state index is 0.0252. The Bertz CT molecular complexity index is 694. The number of phenolic OH excluding ortho intramolecular Hbond substituents is 1. The van der Waals surface area contributed by atoms with Gasteiger partial charge in [0.2, 0.25) is 11.6 Å². The Labute approximate surface area is 148 Å². The Hall–Kier alpha value is -2.84. The zero-order valence-corrected chi connectivity index (χ0v) is 14.2. The van der Waals surface area contributed by atoms with Gasteiger partial charge in [0.05, 0.1) is 33.0 Å². The smallest absolute Gasteiger partial charge is 0.417 e. The monoisotopic (exact) mass is 373 g/mol. The van der Waals surface area contributed by atoms with Crippen molar-refractivity contribution in [1.82, 2.24) is 4.98 Å². The van der Waals surface area contributed by atoms with Gasteiger partial charge in [0.15, 0.2) is 11.5 Å². The van der Waals surface area contributed by atoms with Gasteiger partial charge in [-0.15, -0.1) is 0 Å². The third-order valence-corrected chi connectivity index (χ3v) is 3.29. The summed E-state index contributed by atoms with van der Waals surface area (Å²) >= 11 is 0.